The fourth-order valence-corrected chi connectivity index (χ4v) is 3.90. The van der Waals surface area contributed by atoms with Crippen LogP contribution in [0.4, 0.5) is 0 Å². The van der Waals surface area contributed by atoms with E-state index in [4.69, 9.17) is 0 Å². The van der Waals surface area contributed by atoms with Crippen molar-refractivity contribution in [3.05, 3.63) is 131 Å². The normalized spacial score (nSPS) is 11.8. The number of rotatable bonds is 7. The third-order valence-electron chi connectivity index (χ3n) is 5.49. The monoisotopic (exact) mass is 423 g/mol. The van der Waals surface area contributed by atoms with Crippen molar-refractivity contribution in [2.45, 2.75) is 18.4 Å². The summed E-state index contributed by atoms with van der Waals surface area (Å²) in [7, 11) is 0. The second kappa shape index (κ2) is 9.84. The van der Waals surface area contributed by atoms with Crippen LogP contribution in [0.5, 0.6) is 11.5 Å². The van der Waals surface area contributed by atoms with Crippen molar-refractivity contribution in [3.63, 3.8) is 0 Å². The minimum absolute atomic E-state index is 0.116. The van der Waals surface area contributed by atoms with Gasteiger partial charge in [-0.1, -0.05) is 84.9 Å². The summed E-state index contributed by atoms with van der Waals surface area (Å²) < 4.78 is 0. The number of amides is 1. The molecule has 0 aromatic heterocycles. The second-order valence-corrected chi connectivity index (χ2v) is 7.78. The van der Waals surface area contributed by atoms with Gasteiger partial charge in [0.2, 0.25) is 5.91 Å². The zero-order valence-corrected chi connectivity index (χ0v) is 17.6. The molecule has 4 rings (SSSR count). The van der Waals surface area contributed by atoms with E-state index >= 15 is 0 Å². The van der Waals surface area contributed by atoms with Crippen molar-refractivity contribution in [1.29, 1.82) is 0 Å². The van der Waals surface area contributed by atoms with Gasteiger partial charge < -0.3 is 15.5 Å². The van der Waals surface area contributed by atoms with Gasteiger partial charge in [-0.05, 0) is 52.9 Å². The SMILES string of the molecule is O=C(NC(Cc1ccc(O)cc1)c1cccc(O)c1)C(c1ccccc1)c1ccccc1. The Morgan fingerprint density at radius 3 is 1.78 bits per heavy atom. The lowest BCUT2D eigenvalue weighted by Crippen LogP contribution is -2.34. The maximum absolute atomic E-state index is 13.6. The van der Waals surface area contributed by atoms with E-state index in [9.17, 15) is 15.0 Å². The maximum Gasteiger partial charge on any atom is 0.232 e. The molecule has 4 nitrogen and oxygen atoms in total. The first-order chi connectivity index (χ1) is 15.6. The van der Waals surface area contributed by atoms with Crippen molar-refractivity contribution in [2.24, 2.45) is 0 Å². The summed E-state index contributed by atoms with van der Waals surface area (Å²) in [6.07, 6.45) is 0.520. The average molecular weight is 424 g/mol. The van der Waals surface area contributed by atoms with Crippen molar-refractivity contribution in [3.8, 4) is 11.5 Å². The quantitative estimate of drug-likeness (QED) is 0.376. The van der Waals surface area contributed by atoms with Crippen LogP contribution < -0.4 is 5.32 Å². The maximum atomic E-state index is 13.6. The first-order valence-electron chi connectivity index (χ1n) is 10.6. The summed E-state index contributed by atoms with van der Waals surface area (Å²) in [6, 6.07) is 33.0. The molecule has 1 amide bonds. The molecule has 4 aromatic carbocycles. The topological polar surface area (TPSA) is 69.6 Å². The minimum atomic E-state index is -0.461. The molecule has 0 saturated carbocycles. The summed E-state index contributed by atoms with van der Waals surface area (Å²) in [6.45, 7) is 0. The molecule has 0 aliphatic carbocycles. The Bertz CT molecular complexity index is 1120. The molecule has 3 N–H and O–H groups in total. The summed E-state index contributed by atoms with van der Waals surface area (Å²) in [5.41, 5.74) is 3.60. The van der Waals surface area contributed by atoms with Crippen LogP contribution in [0.1, 0.15) is 34.2 Å². The molecule has 160 valence electrons. The molecule has 4 aromatic rings. The van der Waals surface area contributed by atoms with E-state index in [0.717, 1.165) is 22.3 Å². The predicted molar refractivity (Wildman–Crippen MR) is 126 cm³/mol. The lowest BCUT2D eigenvalue weighted by molar-refractivity contribution is -0.122. The van der Waals surface area contributed by atoms with Gasteiger partial charge in [-0.15, -0.1) is 0 Å². The van der Waals surface area contributed by atoms with Gasteiger partial charge in [0.25, 0.3) is 0 Å². The van der Waals surface area contributed by atoms with Crippen molar-refractivity contribution in [2.75, 3.05) is 0 Å². The van der Waals surface area contributed by atoms with Crippen molar-refractivity contribution >= 4 is 5.91 Å². The number of carbonyl (C=O) groups is 1. The first-order valence-corrected chi connectivity index (χ1v) is 10.6. The number of carbonyl (C=O) groups excluding carboxylic acids is 1. The fraction of sp³-hybridized carbons (Fsp3) is 0.107. The van der Waals surface area contributed by atoms with Gasteiger partial charge in [-0.2, -0.15) is 0 Å². The molecule has 0 aliphatic rings. The molecular weight excluding hydrogens is 398 g/mol. The summed E-state index contributed by atoms with van der Waals surface area (Å²) >= 11 is 0. The number of phenols is 2. The first kappa shape index (κ1) is 21.2. The molecule has 4 heteroatoms. The smallest absolute Gasteiger partial charge is 0.232 e. The Labute approximate surface area is 187 Å². The van der Waals surface area contributed by atoms with Crippen LogP contribution in [0, 0.1) is 0 Å². The molecular formula is C28H25NO3. The molecule has 0 saturated heterocycles. The predicted octanol–water partition coefficient (Wildman–Crippen LogP) is 5.33. The Balaban J connectivity index is 1.67. The van der Waals surface area contributed by atoms with Crippen LogP contribution in [0.2, 0.25) is 0 Å². The molecule has 0 bridgehead atoms. The molecule has 32 heavy (non-hydrogen) atoms. The van der Waals surface area contributed by atoms with Crippen LogP contribution >= 0.6 is 0 Å². The minimum Gasteiger partial charge on any atom is -0.508 e. The van der Waals surface area contributed by atoms with Crippen molar-refractivity contribution in [1.82, 2.24) is 5.32 Å². The Morgan fingerprint density at radius 1 is 0.656 bits per heavy atom. The van der Waals surface area contributed by atoms with Crippen LogP contribution in [0.25, 0.3) is 0 Å². The Morgan fingerprint density at radius 2 is 1.22 bits per heavy atom. The van der Waals surface area contributed by atoms with Gasteiger partial charge in [0.1, 0.15) is 11.5 Å². The average Bonchev–Trinajstić information content (AvgIpc) is 2.82. The van der Waals surface area contributed by atoms with Gasteiger partial charge in [0, 0.05) is 0 Å². The second-order valence-electron chi connectivity index (χ2n) is 7.78. The standard InChI is InChI=1S/C28H25NO3/c30-24-16-14-20(15-17-24)18-26(23-12-7-13-25(31)19-23)29-28(32)27(21-8-3-1-4-9-21)22-10-5-2-6-11-22/h1-17,19,26-27,30-31H,18H2,(H,29,32). The summed E-state index contributed by atoms with van der Waals surface area (Å²) in [5.74, 6) is -0.235. The lowest BCUT2D eigenvalue weighted by atomic mass is 9.89. The lowest BCUT2D eigenvalue weighted by Gasteiger charge is -2.24. The van der Waals surface area contributed by atoms with E-state index in [0.29, 0.717) is 6.42 Å². The van der Waals surface area contributed by atoms with Gasteiger partial charge in [-0.25, -0.2) is 0 Å². The van der Waals surface area contributed by atoms with Crippen LogP contribution in [0.15, 0.2) is 109 Å². The van der Waals surface area contributed by atoms with Gasteiger partial charge in [0.05, 0.1) is 12.0 Å². The highest BCUT2D eigenvalue weighted by Crippen LogP contribution is 2.28. The highest BCUT2D eigenvalue weighted by atomic mass is 16.3. The molecule has 0 fully saturated rings. The molecule has 0 spiro atoms. The number of phenolic OH excluding ortho intramolecular Hbond substituents is 2. The summed E-state index contributed by atoms with van der Waals surface area (Å²) in [5, 5.41) is 22.8. The van der Waals surface area contributed by atoms with E-state index in [-0.39, 0.29) is 23.4 Å². The van der Waals surface area contributed by atoms with E-state index in [2.05, 4.69) is 5.32 Å². The highest BCUT2D eigenvalue weighted by molar-refractivity contribution is 5.87. The van der Waals surface area contributed by atoms with E-state index in [1.165, 1.54) is 0 Å². The van der Waals surface area contributed by atoms with Gasteiger partial charge in [-0.3, -0.25) is 4.79 Å². The highest BCUT2D eigenvalue weighted by Gasteiger charge is 2.25. The molecule has 1 atom stereocenters. The zero-order valence-electron chi connectivity index (χ0n) is 17.6. The van der Waals surface area contributed by atoms with Gasteiger partial charge >= 0.3 is 0 Å². The number of benzene rings is 4. The third-order valence-corrected chi connectivity index (χ3v) is 5.49. The molecule has 0 radical (unpaired) electrons. The van der Waals surface area contributed by atoms with Crippen LogP contribution in [-0.2, 0) is 11.2 Å². The Kier molecular flexibility index (Phi) is 6.52. The van der Waals surface area contributed by atoms with Crippen LogP contribution in [0.3, 0.4) is 0 Å². The van der Waals surface area contributed by atoms with E-state index in [1.54, 1.807) is 30.3 Å². The number of aromatic hydroxyl groups is 2. The third kappa shape index (κ3) is 5.16. The largest absolute Gasteiger partial charge is 0.508 e. The van der Waals surface area contributed by atoms with Gasteiger partial charge in [0.15, 0.2) is 0 Å². The molecule has 0 aliphatic heterocycles. The number of nitrogens with one attached hydrogen (secondary N) is 1. The van der Waals surface area contributed by atoms with Crippen LogP contribution in [-0.4, -0.2) is 16.1 Å². The number of hydrogen-bond donors (Lipinski definition) is 3. The molecule has 1 unspecified atom stereocenters. The van der Waals surface area contributed by atoms with E-state index in [1.807, 2.05) is 78.9 Å². The van der Waals surface area contributed by atoms with E-state index < -0.39 is 5.92 Å². The molecule has 0 heterocycles. The number of hydrogen-bond acceptors (Lipinski definition) is 3. The Hall–Kier alpha value is -4.05. The summed E-state index contributed by atoms with van der Waals surface area (Å²) in [4.78, 5) is 13.6. The van der Waals surface area contributed by atoms with Crippen molar-refractivity contribution < 1.29 is 15.0 Å². The fourth-order valence-electron chi connectivity index (χ4n) is 3.90. The zero-order chi connectivity index (χ0) is 22.3.